The Labute approximate surface area is 156 Å². The Morgan fingerprint density at radius 1 is 1.31 bits per heavy atom. The first-order chi connectivity index (χ1) is 12.2. The first-order valence-electron chi connectivity index (χ1n) is 9.50. The van der Waals surface area contributed by atoms with Gasteiger partial charge in [0.2, 0.25) is 0 Å². The van der Waals surface area contributed by atoms with Gasteiger partial charge in [-0.3, -0.25) is 0 Å². The SMILES string of the molecule is CC(C)Cc1c[nH]c2ccc(C3=CCN(C(=O)OC(C)(C)C)CC3)cc12. The fourth-order valence-corrected chi connectivity index (χ4v) is 3.41. The minimum absolute atomic E-state index is 0.229. The van der Waals surface area contributed by atoms with E-state index in [1.807, 2.05) is 20.8 Å². The van der Waals surface area contributed by atoms with Crippen LogP contribution in [-0.4, -0.2) is 34.7 Å². The quantitative estimate of drug-likeness (QED) is 0.803. The largest absolute Gasteiger partial charge is 0.444 e. The minimum Gasteiger partial charge on any atom is -0.444 e. The molecule has 0 aliphatic carbocycles. The second kappa shape index (κ2) is 7.18. The van der Waals surface area contributed by atoms with E-state index in [2.05, 4.69) is 49.3 Å². The number of carbonyl (C=O) groups is 1. The highest BCUT2D eigenvalue weighted by Crippen LogP contribution is 2.28. The molecule has 4 nitrogen and oxygen atoms in total. The lowest BCUT2D eigenvalue weighted by molar-refractivity contribution is 0.0270. The molecule has 0 radical (unpaired) electrons. The molecule has 0 bridgehead atoms. The first-order valence-corrected chi connectivity index (χ1v) is 9.50. The highest BCUT2D eigenvalue weighted by molar-refractivity contribution is 5.87. The number of rotatable bonds is 3. The van der Waals surface area contributed by atoms with Crippen molar-refractivity contribution in [1.82, 2.24) is 9.88 Å². The van der Waals surface area contributed by atoms with E-state index in [-0.39, 0.29) is 6.09 Å². The fraction of sp³-hybridized carbons (Fsp3) is 0.500. The summed E-state index contributed by atoms with van der Waals surface area (Å²) in [5.41, 5.74) is 4.68. The molecule has 4 heteroatoms. The van der Waals surface area contributed by atoms with Crippen molar-refractivity contribution < 1.29 is 9.53 Å². The van der Waals surface area contributed by atoms with E-state index in [1.165, 1.54) is 27.6 Å². The summed E-state index contributed by atoms with van der Waals surface area (Å²) in [5.74, 6) is 0.633. The number of hydrogen-bond donors (Lipinski definition) is 1. The van der Waals surface area contributed by atoms with Crippen molar-refractivity contribution in [3.05, 3.63) is 41.6 Å². The highest BCUT2D eigenvalue weighted by Gasteiger charge is 2.24. The average Bonchev–Trinajstić information content (AvgIpc) is 2.95. The van der Waals surface area contributed by atoms with Gasteiger partial charge in [-0.2, -0.15) is 0 Å². The van der Waals surface area contributed by atoms with E-state index in [9.17, 15) is 4.79 Å². The Hall–Kier alpha value is -2.23. The van der Waals surface area contributed by atoms with Crippen LogP contribution in [-0.2, 0) is 11.2 Å². The number of aromatic amines is 1. The van der Waals surface area contributed by atoms with E-state index in [0.717, 1.165) is 12.8 Å². The van der Waals surface area contributed by atoms with E-state index in [4.69, 9.17) is 4.74 Å². The molecular formula is C22H30N2O2. The van der Waals surface area contributed by atoms with Gasteiger partial charge < -0.3 is 14.6 Å². The predicted octanol–water partition coefficient (Wildman–Crippen LogP) is 5.39. The third-order valence-corrected chi connectivity index (χ3v) is 4.63. The van der Waals surface area contributed by atoms with Crippen molar-refractivity contribution in [2.75, 3.05) is 13.1 Å². The molecule has 2 heterocycles. The number of hydrogen-bond acceptors (Lipinski definition) is 2. The normalized spacial score (nSPS) is 15.5. The standard InChI is InChI=1S/C22H30N2O2/c1-15(2)12-18-14-23-20-7-6-17(13-19(18)20)16-8-10-24(11-9-16)21(25)26-22(3,4)5/h6-8,13-15,23H,9-12H2,1-5H3. The summed E-state index contributed by atoms with van der Waals surface area (Å²) in [6.07, 6.45) is 5.99. The molecule has 0 unspecified atom stereocenters. The van der Waals surface area contributed by atoms with Gasteiger partial charge in [0.25, 0.3) is 0 Å². The van der Waals surface area contributed by atoms with Crippen LogP contribution in [0.4, 0.5) is 4.79 Å². The van der Waals surface area contributed by atoms with Gasteiger partial charge in [-0.05, 0) is 68.4 Å². The summed E-state index contributed by atoms with van der Waals surface area (Å²) in [7, 11) is 0. The third-order valence-electron chi connectivity index (χ3n) is 4.63. The number of nitrogens with one attached hydrogen (secondary N) is 1. The fourth-order valence-electron chi connectivity index (χ4n) is 3.41. The van der Waals surface area contributed by atoms with Gasteiger partial charge in [-0.15, -0.1) is 0 Å². The molecule has 2 aromatic rings. The third kappa shape index (κ3) is 4.29. The Bertz CT molecular complexity index is 824. The van der Waals surface area contributed by atoms with Crippen LogP contribution < -0.4 is 0 Å². The van der Waals surface area contributed by atoms with Crippen molar-refractivity contribution in [2.45, 2.75) is 53.1 Å². The van der Waals surface area contributed by atoms with Crippen LogP contribution in [0.1, 0.15) is 52.2 Å². The molecule has 26 heavy (non-hydrogen) atoms. The number of ether oxygens (including phenoxy) is 1. The first kappa shape index (κ1) is 18.6. The van der Waals surface area contributed by atoms with E-state index < -0.39 is 5.60 Å². The van der Waals surface area contributed by atoms with Gasteiger partial charge in [-0.1, -0.05) is 26.0 Å². The lowest BCUT2D eigenvalue weighted by atomic mass is 9.96. The number of aromatic nitrogens is 1. The molecule has 1 aliphatic rings. The summed E-state index contributed by atoms with van der Waals surface area (Å²) in [6.45, 7) is 11.5. The summed E-state index contributed by atoms with van der Waals surface area (Å²) in [6, 6.07) is 6.63. The van der Waals surface area contributed by atoms with Crippen LogP contribution in [0, 0.1) is 5.92 Å². The molecule has 0 saturated heterocycles. The topological polar surface area (TPSA) is 45.3 Å². The number of amides is 1. The van der Waals surface area contributed by atoms with Crippen LogP contribution in [0.3, 0.4) is 0 Å². The van der Waals surface area contributed by atoms with Crippen molar-refractivity contribution in [3.63, 3.8) is 0 Å². The van der Waals surface area contributed by atoms with Gasteiger partial charge in [0, 0.05) is 30.2 Å². The predicted molar refractivity (Wildman–Crippen MR) is 107 cm³/mol. The highest BCUT2D eigenvalue weighted by atomic mass is 16.6. The molecule has 1 N–H and O–H groups in total. The van der Waals surface area contributed by atoms with Crippen LogP contribution in [0.15, 0.2) is 30.5 Å². The van der Waals surface area contributed by atoms with Crippen molar-refractivity contribution in [3.8, 4) is 0 Å². The lowest BCUT2D eigenvalue weighted by Crippen LogP contribution is -2.39. The van der Waals surface area contributed by atoms with Gasteiger partial charge in [-0.25, -0.2) is 4.79 Å². The molecule has 0 atom stereocenters. The monoisotopic (exact) mass is 354 g/mol. The van der Waals surface area contributed by atoms with Gasteiger partial charge in [0.1, 0.15) is 5.60 Å². The molecule has 1 aromatic carbocycles. The van der Waals surface area contributed by atoms with Crippen molar-refractivity contribution in [2.24, 2.45) is 5.92 Å². The second-order valence-corrected chi connectivity index (χ2v) is 8.58. The molecule has 1 amide bonds. The summed E-state index contributed by atoms with van der Waals surface area (Å²) in [5, 5.41) is 1.31. The maximum atomic E-state index is 12.2. The molecule has 0 fully saturated rings. The molecule has 1 aliphatic heterocycles. The number of carbonyl (C=O) groups excluding carboxylic acids is 1. The van der Waals surface area contributed by atoms with Crippen LogP contribution in [0.5, 0.6) is 0 Å². The van der Waals surface area contributed by atoms with Crippen molar-refractivity contribution in [1.29, 1.82) is 0 Å². The maximum Gasteiger partial charge on any atom is 0.410 e. The van der Waals surface area contributed by atoms with E-state index in [0.29, 0.717) is 19.0 Å². The summed E-state index contributed by atoms with van der Waals surface area (Å²) in [4.78, 5) is 17.4. The molecule has 0 spiro atoms. The zero-order valence-electron chi connectivity index (χ0n) is 16.6. The Kier molecular flexibility index (Phi) is 5.12. The van der Waals surface area contributed by atoms with E-state index >= 15 is 0 Å². The zero-order chi connectivity index (χ0) is 18.9. The second-order valence-electron chi connectivity index (χ2n) is 8.58. The molecule has 0 saturated carbocycles. The number of H-pyrrole nitrogens is 1. The van der Waals surface area contributed by atoms with Crippen LogP contribution >= 0.6 is 0 Å². The smallest absolute Gasteiger partial charge is 0.410 e. The number of nitrogens with zero attached hydrogens (tertiary/aromatic N) is 1. The molecule has 3 rings (SSSR count). The van der Waals surface area contributed by atoms with Crippen LogP contribution in [0.25, 0.3) is 16.5 Å². The molecular weight excluding hydrogens is 324 g/mol. The maximum absolute atomic E-state index is 12.2. The molecule has 1 aromatic heterocycles. The zero-order valence-corrected chi connectivity index (χ0v) is 16.6. The Morgan fingerprint density at radius 3 is 2.69 bits per heavy atom. The number of benzene rings is 1. The summed E-state index contributed by atoms with van der Waals surface area (Å²) < 4.78 is 5.47. The van der Waals surface area contributed by atoms with Gasteiger partial charge >= 0.3 is 6.09 Å². The van der Waals surface area contributed by atoms with Gasteiger partial charge in [0.05, 0.1) is 0 Å². The van der Waals surface area contributed by atoms with Crippen molar-refractivity contribution >= 4 is 22.6 Å². The van der Waals surface area contributed by atoms with Crippen LogP contribution in [0.2, 0.25) is 0 Å². The Morgan fingerprint density at radius 2 is 2.08 bits per heavy atom. The Balaban J connectivity index is 1.77. The van der Waals surface area contributed by atoms with E-state index in [1.54, 1.807) is 4.90 Å². The van der Waals surface area contributed by atoms with Gasteiger partial charge in [0.15, 0.2) is 0 Å². The lowest BCUT2D eigenvalue weighted by Gasteiger charge is -2.29. The molecule has 140 valence electrons. The minimum atomic E-state index is -0.451. The number of fused-ring (bicyclic) bond motifs is 1. The summed E-state index contributed by atoms with van der Waals surface area (Å²) >= 11 is 0. The average molecular weight is 354 g/mol.